The van der Waals surface area contributed by atoms with Crippen LogP contribution in [0, 0.1) is 0 Å². The molecule has 2 rings (SSSR count). The van der Waals surface area contributed by atoms with Crippen molar-refractivity contribution < 1.29 is 19.4 Å². The van der Waals surface area contributed by atoms with Gasteiger partial charge in [0.05, 0.1) is 6.61 Å². The fourth-order valence-electron chi connectivity index (χ4n) is 2.19. The molecule has 102 valence electrons. The van der Waals surface area contributed by atoms with Crippen LogP contribution in [0.15, 0.2) is 24.3 Å². The zero-order valence-corrected chi connectivity index (χ0v) is 10.8. The molecule has 5 heteroatoms. The maximum Gasteiger partial charge on any atom is 0.331 e. The van der Waals surface area contributed by atoms with Gasteiger partial charge in [-0.1, -0.05) is 24.3 Å². The van der Waals surface area contributed by atoms with Crippen LogP contribution in [0.3, 0.4) is 0 Å². The molecule has 0 saturated heterocycles. The number of amides is 1. The van der Waals surface area contributed by atoms with Gasteiger partial charge in [0.15, 0.2) is 6.04 Å². The lowest BCUT2D eigenvalue weighted by atomic mass is 10.0. The van der Waals surface area contributed by atoms with Gasteiger partial charge in [0.2, 0.25) is 6.41 Å². The monoisotopic (exact) mass is 263 g/mol. The number of carbonyl (C=O) groups excluding carboxylic acids is 1. The van der Waals surface area contributed by atoms with Gasteiger partial charge < -0.3 is 14.7 Å². The van der Waals surface area contributed by atoms with Crippen molar-refractivity contribution in [3.8, 4) is 0 Å². The largest absolute Gasteiger partial charge is 0.479 e. The van der Waals surface area contributed by atoms with Crippen LogP contribution < -0.4 is 0 Å². The predicted molar refractivity (Wildman–Crippen MR) is 68.5 cm³/mol. The summed E-state index contributed by atoms with van der Waals surface area (Å²) < 4.78 is 5.04. The predicted octanol–water partition coefficient (Wildman–Crippen LogP) is 1.58. The number of nitrogens with zero attached hydrogens (tertiary/aromatic N) is 1. The van der Waals surface area contributed by atoms with Gasteiger partial charge in [0, 0.05) is 13.2 Å². The van der Waals surface area contributed by atoms with E-state index in [1.165, 1.54) is 4.90 Å². The van der Waals surface area contributed by atoms with Gasteiger partial charge in [-0.05, 0) is 24.0 Å². The molecule has 1 saturated carbocycles. The Kier molecular flexibility index (Phi) is 4.16. The summed E-state index contributed by atoms with van der Waals surface area (Å²) in [4.78, 5) is 24.0. The standard InChI is InChI=1S/C14H17NO4/c1-19-8-10-3-2-4-11(7-10)13(14(17)18)15(9-16)12-5-6-12/h2-4,7,9,12-13H,5-6,8H2,1H3,(H,17,18). The second kappa shape index (κ2) is 5.84. The highest BCUT2D eigenvalue weighted by atomic mass is 16.5. The van der Waals surface area contributed by atoms with E-state index >= 15 is 0 Å². The fraction of sp³-hybridized carbons (Fsp3) is 0.429. The third-order valence-corrected chi connectivity index (χ3v) is 3.20. The normalized spacial score (nSPS) is 15.8. The van der Waals surface area contributed by atoms with Crippen molar-refractivity contribution in [2.45, 2.75) is 31.5 Å². The zero-order chi connectivity index (χ0) is 13.8. The first-order chi connectivity index (χ1) is 9.17. The van der Waals surface area contributed by atoms with Crippen molar-refractivity contribution in [2.24, 2.45) is 0 Å². The lowest BCUT2D eigenvalue weighted by Gasteiger charge is -2.25. The second-order valence-electron chi connectivity index (χ2n) is 4.70. The van der Waals surface area contributed by atoms with Gasteiger partial charge in [0.25, 0.3) is 0 Å². The summed E-state index contributed by atoms with van der Waals surface area (Å²) in [5.41, 5.74) is 1.51. The molecule has 0 bridgehead atoms. The number of aliphatic carboxylic acids is 1. The molecule has 1 unspecified atom stereocenters. The van der Waals surface area contributed by atoms with Gasteiger partial charge in [-0.3, -0.25) is 4.79 Å². The molecule has 0 radical (unpaired) electrons. The van der Waals surface area contributed by atoms with E-state index in [2.05, 4.69) is 0 Å². The third-order valence-electron chi connectivity index (χ3n) is 3.20. The van der Waals surface area contributed by atoms with Crippen LogP contribution in [0.5, 0.6) is 0 Å². The van der Waals surface area contributed by atoms with E-state index in [0.717, 1.165) is 18.4 Å². The highest BCUT2D eigenvalue weighted by Crippen LogP contribution is 2.33. The molecule has 0 spiro atoms. The van der Waals surface area contributed by atoms with Crippen molar-refractivity contribution in [3.05, 3.63) is 35.4 Å². The number of carboxylic acid groups (broad SMARTS) is 1. The van der Waals surface area contributed by atoms with Crippen LogP contribution in [0.1, 0.15) is 30.0 Å². The summed E-state index contributed by atoms with van der Waals surface area (Å²) in [6.45, 7) is 0.421. The second-order valence-corrected chi connectivity index (χ2v) is 4.70. The average Bonchev–Trinajstić information content (AvgIpc) is 3.20. The Labute approximate surface area is 111 Å². The first-order valence-corrected chi connectivity index (χ1v) is 6.20. The first-order valence-electron chi connectivity index (χ1n) is 6.20. The first kappa shape index (κ1) is 13.5. The molecule has 1 fully saturated rings. The topological polar surface area (TPSA) is 66.8 Å². The number of rotatable bonds is 7. The van der Waals surface area contributed by atoms with E-state index in [0.29, 0.717) is 18.6 Å². The molecule has 0 aliphatic heterocycles. The molecule has 0 aromatic heterocycles. The molecule has 1 atom stereocenters. The fourth-order valence-corrected chi connectivity index (χ4v) is 2.19. The van der Waals surface area contributed by atoms with E-state index in [-0.39, 0.29) is 6.04 Å². The molecule has 1 N–H and O–H groups in total. The Bertz CT molecular complexity index is 470. The smallest absolute Gasteiger partial charge is 0.331 e. The quantitative estimate of drug-likeness (QED) is 0.758. The van der Waals surface area contributed by atoms with Crippen molar-refractivity contribution in [3.63, 3.8) is 0 Å². The Morgan fingerprint density at radius 3 is 2.84 bits per heavy atom. The minimum atomic E-state index is -1.01. The number of methoxy groups -OCH3 is 1. The Morgan fingerprint density at radius 2 is 2.32 bits per heavy atom. The zero-order valence-electron chi connectivity index (χ0n) is 10.8. The Hall–Kier alpha value is -1.88. The molecular weight excluding hydrogens is 246 g/mol. The van der Waals surface area contributed by atoms with Gasteiger partial charge in [-0.25, -0.2) is 4.79 Å². The van der Waals surface area contributed by atoms with Gasteiger partial charge in [-0.15, -0.1) is 0 Å². The number of carbonyl (C=O) groups is 2. The number of hydrogen-bond acceptors (Lipinski definition) is 3. The molecule has 19 heavy (non-hydrogen) atoms. The molecular formula is C14H17NO4. The van der Waals surface area contributed by atoms with Crippen molar-refractivity contribution in [2.75, 3.05) is 7.11 Å². The highest BCUT2D eigenvalue weighted by Gasteiger charge is 2.37. The van der Waals surface area contributed by atoms with E-state index in [9.17, 15) is 14.7 Å². The summed E-state index contributed by atoms with van der Waals surface area (Å²) in [6, 6.07) is 6.31. The van der Waals surface area contributed by atoms with Gasteiger partial charge in [0.1, 0.15) is 0 Å². The van der Waals surface area contributed by atoms with E-state index < -0.39 is 12.0 Å². The lowest BCUT2D eigenvalue weighted by molar-refractivity contribution is -0.147. The summed E-state index contributed by atoms with van der Waals surface area (Å²) in [6.07, 6.45) is 2.39. The molecule has 1 amide bonds. The average molecular weight is 263 g/mol. The molecule has 1 aromatic carbocycles. The van der Waals surface area contributed by atoms with E-state index in [1.807, 2.05) is 6.07 Å². The minimum Gasteiger partial charge on any atom is -0.479 e. The van der Waals surface area contributed by atoms with Gasteiger partial charge >= 0.3 is 5.97 Å². The lowest BCUT2D eigenvalue weighted by Crippen LogP contribution is -2.34. The molecule has 1 aliphatic rings. The van der Waals surface area contributed by atoms with Crippen LogP contribution in [0.4, 0.5) is 0 Å². The van der Waals surface area contributed by atoms with E-state index in [4.69, 9.17) is 4.74 Å². The van der Waals surface area contributed by atoms with Crippen molar-refractivity contribution >= 4 is 12.4 Å². The minimum absolute atomic E-state index is 0.0599. The SMILES string of the molecule is COCc1cccc(C(C(=O)O)N(C=O)C2CC2)c1. The van der Waals surface area contributed by atoms with Crippen LogP contribution in [0.2, 0.25) is 0 Å². The van der Waals surface area contributed by atoms with Crippen molar-refractivity contribution in [1.29, 1.82) is 0 Å². The van der Waals surface area contributed by atoms with Crippen molar-refractivity contribution in [1.82, 2.24) is 4.90 Å². The highest BCUT2D eigenvalue weighted by molar-refractivity contribution is 5.78. The molecule has 1 aliphatic carbocycles. The molecule has 5 nitrogen and oxygen atoms in total. The Morgan fingerprint density at radius 1 is 1.58 bits per heavy atom. The van der Waals surface area contributed by atoms with Crippen LogP contribution in [-0.4, -0.2) is 35.5 Å². The summed E-state index contributed by atoms with van der Waals surface area (Å²) >= 11 is 0. The van der Waals surface area contributed by atoms with E-state index in [1.54, 1.807) is 25.3 Å². The van der Waals surface area contributed by atoms with Crippen LogP contribution in [-0.2, 0) is 20.9 Å². The molecule has 1 aromatic rings. The number of ether oxygens (including phenoxy) is 1. The Balaban J connectivity index is 2.29. The third kappa shape index (κ3) is 3.12. The van der Waals surface area contributed by atoms with Crippen LogP contribution >= 0.6 is 0 Å². The number of benzene rings is 1. The van der Waals surface area contributed by atoms with Crippen LogP contribution in [0.25, 0.3) is 0 Å². The summed E-state index contributed by atoms with van der Waals surface area (Å²) in [5, 5.41) is 9.39. The van der Waals surface area contributed by atoms with Gasteiger partial charge in [-0.2, -0.15) is 0 Å². The molecule has 0 heterocycles. The number of hydrogen-bond donors (Lipinski definition) is 1. The maximum absolute atomic E-state index is 11.5. The maximum atomic E-state index is 11.5. The summed E-state index contributed by atoms with van der Waals surface area (Å²) in [5.74, 6) is -1.01. The summed E-state index contributed by atoms with van der Waals surface area (Å²) in [7, 11) is 1.59. The number of carboxylic acids is 1.